The maximum atomic E-state index is 5.75. The molecule has 0 heterocycles. The number of aryl methyl sites for hydroxylation is 2. The second kappa shape index (κ2) is 5.92. The average molecular weight is 238 g/mol. The number of hydrogen-bond acceptors (Lipinski definition) is 2. The van der Waals surface area contributed by atoms with Crippen molar-refractivity contribution in [3.8, 4) is 0 Å². The lowest BCUT2D eigenvalue weighted by molar-refractivity contribution is 0.960. The minimum absolute atomic E-state index is 0.615. The summed E-state index contributed by atoms with van der Waals surface area (Å²) in [6, 6.07) is 18.7. The van der Waals surface area contributed by atoms with Crippen LogP contribution in [-0.2, 0) is 12.8 Å². The van der Waals surface area contributed by atoms with Gasteiger partial charge in [0.1, 0.15) is 0 Å². The zero-order valence-electron chi connectivity index (χ0n) is 10.3. The summed E-state index contributed by atoms with van der Waals surface area (Å²) in [6.45, 7) is 0. The SMILES string of the molecule is N/C=C(\N)c1ccc(CCc2ccccc2)cc1. The van der Waals surface area contributed by atoms with Crippen LogP contribution in [0.25, 0.3) is 5.70 Å². The van der Waals surface area contributed by atoms with Crippen LogP contribution in [0.4, 0.5) is 0 Å². The van der Waals surface area contributed by atoms with E-state index in [1.54, 1.807) is 0 Å². The van der Waals surface area contributed by atoms with Crippen molar-refractivity contribution in [2.45, 2.75) is 12.8 Å². The van der Waals surface area contributed by atoms with Gasteiger partial charge in [-0.1, -0.05) is 54.6 Å². The Morgan fingerprint density at radius 1 is 0.833 bits per heavy atom. The lowest BCUT2D eigenvalue weighted by Crippen LogP contribution is -1.99. The molecule has 2 nitrogen and oxygen atoms in total. The molecule has 2 rings (SSSR count). The van der Waals surface area contributed by atoms with E-state index in [4.69, 9.17) is 11.5 Å². The molecule has 92 valence electrons. The summed E-state index contributed by atoms with van der Waals surface area (Å²) in [5.74, 6) is 0. The van der Waals surface area contributed by atoms with Crippen molar-refractivity contribution in [1.82, 2.24) is 0 Å². The summed E-state index contributed by atoms with van der Waals surface area (Å²) in [6.07, 6.45) is 3.53. The van der Waals surface area contributed by atoms with Gasteiger partial charge in [-0.2, -0.15) is 0 Å². The highest BCUT2D eigenvalue weighted by Crippen LogP contribution is 2.12. The Hall–Kier alpha value is -2.22. The predicted molar refractivity (Wildman–Crippen MR) is 76.6 cm³/mol. The van der Waals surface area contributed by atoms with E-state index in [0.717, 1.165) is 18.4 Å². The third-order valence-corrected chi connectivity index (χ3v) is 3.01. The van der Waals surface area contributed by atoms with Crippen LogP contribution in [-0.4, -0.2) is 0 Å². The van der Waals surface area contributed by atoms with Gasteiger partial charge >= 0.3 is 0 Å². The highest BCUT2D eigenvalue weighted by atomic mass is 14.6. The van der Waals surface area contributed by atoms with Crippen LogP contribution in [0.5, 0.6) is 0 Å². The number of benzene rings is 2. The molecule has 0 unspecified atom stereocenters. The molecule has 0 atom stereocenters. The van der Waals surface area contributed by atoms with Crippen molar-refractivity contribution in [3.63, 3.8) is 0 Å². The molecule has 0 aliphatic heterocycles. The first kappa shape index (κ1) is 12.2. The fourth-order valence-electron chi connectivity index (χ4n) is 1.89. The van der Waals surface area contributed by atoms with E-state index in [9.17, 15) is 0 Å². The van der Waals surface area contributed by atoms with Gasteiger partial charge in [0.15, 0.2) is 0 Å². The van der Waals surface area contributed by atoms with E-state index < -0.39 is 0 Å². The minimum atomic E-state index is 0.615. The normalized spacial score (nSPS) is 11.4. The van der Waals surface area contributed by atoms with Gasteiger partial charge in [-0.15, -0.1) is 0 Å². The Morgan fingerprint density at radius 3 is 1.94 bits per heavy atom. The van der Waals surface area contributed by atoms with E-state index in [1.807, 2.05) is 18.2 Å². The van der Waals surface area contributed by atoms with Crippen LogP contribution < -0.4 is 11.5 Å². The van der Waals surface area contributed by atoms with E-state index in [-0.39, 0.29) is 0 Å². The molecule has 0 radical (unpaired) electrons. The van der Waals surface area contributed by atoms with E-state index in [2.05, 4.69) is 36.4 Å². The Bertz CT molecular complexity index is 513. The van der Waals surface area contributed by atoms with Gasteiger partial charge in [-0.05, 0) is 29.5 Å². The van der Waals surface area contributed by atoms with Crippen LogP contribution in [0.15, 0.2) is 60.8 Å². The number of nitrogens with two attached hydrogens (primary N) is 2. The summed E-state index contributed by atoms with van der Waals surface area (Å²) < 4.78 is 0. The third kappa shape index (κ3) is 3.14. The predicted octanol–water partition coefficient (Wildman–Crippen LogP) is 2.69. The molecular weight excluding hydrogens is 220 g/mol. The Morgan fingerprint density at radius 2 is 1.39 bits per heavy atom. The van der Waals surface area contributed by atoms with Crippen LogP contribution in [0.1, 0.15) is 16.7 Å². The summed E-state index contributed by atoms with van der Waals surface area (Å²) in [5.41, 5.74) is 15.4. The average Bonchev–Trinajstić information content (AvgIpc) is 2.46. The van der Waals surface area contributed by atoms with Crippen LogP contribution in [0.3, 0.4) is 0 Å². The topological polar surface area (TPSA) is 52.0 Å². The summed E-state index contributed by atoms with van der Waals surface area (Å²) in [7, 11) is 0. The third-order valence-electron chi connectivity index (χ3n) is 3.01. The highest BCUT2D eigenvalue weighted by molar-refractivity contribution is 5.62. The molecule has 2 heteroatoms. The molecule has 0 saturated heterocycles. The van der Waals surface area contributed by atoms with Gasteiger partial charge in [0.25, 0.3) is 0 Å². The second-order valence-electron chi connectivity index (χ2n) is 4.30. The number of hydrogen-bond donors (Lipinski definition) is 2. The molecule has 0 bridgehead atoms. The van der Waals surface area contributed by atoms with Crippen molar-refractivity contribution < 1.29 is 0 Å². The second-order valence-corrected chi connectivity index (χ2v) is 4.30. The molecule has 0 aliphatic carbocycles. The molecule has 0 fully saturated rings. The summed E-state index contributed by atoms with van der Waals surface area (Å²) in [4.78, 5) is 0. The standard InChI is InChI=1S/C16H18N2/c17-12-16(18)15-10-8-14(9-11-15)7-6-13-4-2-1-3-5-13/h1-5,8-12H,6-7,17-18H2/b16-12-. The van der Waals surface area contributed by atoms with Crippen LogP contribution >= 0.6 is 0 Å². The van der Waals surface area contributed by atoms with Crippen LogP contribution in [0.2, 0.25) is 0 Å². The molecule has 4 N–H and O–H groups in total. The first-order valence-corrected chi connectivity index (χ1v) is 6.10. The first-order valence-electron chi connectivity index (χ1n) is 6.10. The van der Waals surface area contributed by atoms with Gasteiger partial charge in [0, 0.05) is 6.20 Å². The zero-order chi connectivity index (χ0) is 12.8. The van der Waals surface area contributed by atoms with Crippen molar-refractivity contribution >= 4 is 5.70 Å². The Balaban J connectivity index is 1.99. The fourth-order valence-corrected chi connectivity index (χ4v) is 1.89. The van der Waals surface area contributed by atoms with E-state index in [0.29, 0.717) is 5.70 Å². The Labute approximate surface area is 108 Å². The van der Waals surface area contributed by atoms with E-state index >= 15 is 0 Å². The van der Waals surface area contributed by atoms with Crippen molar-refractivity contribution in [2.24, 2.45) is 11.5 Å². The van der Waals surface area contributed by atoms with Gasteiger partial charge in [-0.25, -0.2) is 0 Å². The Kier molecular flexibility index (Phi) is 4.02. The maximum Gasteiger partial charge on any atom is 0.0545 e. The number of rotatable bonds is 4. The molecular formula is C16H18N2. The zero-order valence-corrected chi connectivity index (χ0v) is 10.3. The fraction of sp³-hybridized carbons (Fsp3) is 0.125. The molecule has 0 amide bonds. The highest BCUT2D eigenvalue weighted by Gasteiger charge is 1.98. The largest absolute Gasteiger partial charge is 0.403 e. The van der Waals surface area contributed by atoms with Crippen molar-refractivity contribution in [2.75, 3.05) is 0 Å². The van der Waals surface area contributed by atoms with Gasteiger partial charge < -0.3 is 11.5 Å². The quantitative estimate of drug-likeness (QED) is 0.860. The van der Waals surface area contributed by atoms with Gasteiger partial charge in [-0.3, -0.25) is 0 Å². The van der Waals surface area contributed by atoms with Gasteiger partial charge in [0.2, 0.25) is 0 Å². The minimum Gasteiger partial charge on any atom is -0.403 e. The molecule has 2 aromatic carbocycles. The maximum absolute atomic E-state index is 5.75. The van der Waals surface area contributed by atoms with E-state index in [1.165, 1.54) is 17.3 Å². The van der Waals surface area contributed by atoms with Crippen molar-refractivity contribution in [1.29, 1.82) is 0 Å². The molecule has 0 saturated carbocycles. The van der Waals surface area contributed by atoms with Crippen molar-refractivity contribution in [3.05, 3.63) is 77.5 Å². The molecule has 0 spiro atoms. The first-order chi connectivity index (χ1) is 8.79. The van der Waals surface area contributed by atoms with Crippen LogP contribution in [0, 0.1) is 0 Å². The summed E-state index contributed by atoms with van der Waals surface area (Å²) in [5, 5.41) is 0. The smallest absolute Gasteiger partial charge is 0.0545 e. The molecule has 0 aromatic heterocycles. The molecule has 18 heavy (non-hydrogen) atoms. The van der Waals surface area contributed by atoms with Gasteiger partial charge in [0.05, 0.1) is 5.70 Å². The monoisotopic (exact) mass is 238 g/mol. The lowest BCUT2D eigenvalue weighted by atomic mass is 10.0. The molecule has 0 aliphatic rings. The molecule has 2 aromatic rings. The lowest BCUT2D eigenvalue weighted by Gasteiger charge is -2.04. The summed E-state index contributed by atoms with van der Waals surface area (Å²) >= 11 is 0.